The average Bonchev–Trinajstić information content (AvgIpc) is 2.74. The number of amides is 1. The number of allylic oxidation sites excluding steroid dienone is 1. The molecular formula is C26H33N3O5. The zero-order chi connectivity index (χ0) is 25.8. The second-order valence-electron chi connectivity index (χ2n) is 9.70. The first kappa shape index (κ1) is 26.8. The number of nitrogens with one attached hydrogen (secondary N) is 1. The summed E-state index contributed by atoms with van der Waals surface area (Å²) in [6.07, 6.45) is 0. The summed E-state index contributed by atoms with van der Waals surface area (Å²) >= 11 is 0. The number of nitriles is 1. The minimum absolute atomic E-state index is 0.241. The third kappa shape index (κ3) is 6.10. The highest BCUT2D eigenvalue weighted by Gasteiger charge is 2.42. The number of methoxy groups -OCH3 is 1. The first-order valence-corrected chi connectivity index (χ1v) is 11.2. The van der Waals surface area contributed by atoms with E-state index in [4.69, 9.17) is 9.47 Å². The van der Waals surface area contributed by atoms with Crippen LogP contribution in [0.4, 0.5) is 0 Å². The number of rotatable bonds is 6. The number of nitrogens with zero attached hydrogens (tertiary/aromatic N) is 2. The van der Waals surface area contributed by atoms with Crippen LogP contribution in [0.15, 0.2) is 40.5 Å². The maximum absolute atomic E-state index is 13.6. The van der Waals surface area contributed by atoms with Crippen LogP contribution >= 0.6 is 0 Å². The molecule has 8 heteroatoms. The van der Waals surface area contributed by atoms with Gasteiger partial charge in [-0.15, -0.1) is 0 Å². The lowest BCUT2D eigenvalue weighted by Gasteiger charge is -2.33. The summed E-state index contributed by atoms with van der Waals surface area (Å²) in [5.41, 5.74) is 1.45. The monoisotopic (exact) mass is 467 g/mol. The molecule has 0 radical (unpaired) electrons. The van der Waals surface area contributed by atoms with Crippen LogP contribution in [-0.4, -0.2) is 42.3 Å². The van der Waals surface area contributed by atoms with Gasteiger partial charge in [0.15, 0.2) is 0 Å². The molecule has 1 aromatic carbocycles. The smallest absolute Gasteiger partial charge is 0.329 e. The minimum Gasteiger partial charge on any atom is -0.468 e. The Morgan fingerprint density at radius 3 is 2.35 bits per heavy atom. The van der Waals surface area contributed by atoms with Crippen LogP contribution in [0.3, 0.4) is 0 Å². The maximum atomic E-state index is 13.6. The lowest BCUT2D eigenvalue weighted by atomic mass is 9.75. The van der Waals surface area contributed by atoms with Gasteiger partial charge in [-0.05, 0) is 58.2 Å². The third-order valence-electron chi connectivity index (χ3n) is 5.52. The minimum atomic E-state index is -0.901. The number of carbonyl (C=O) groups is 3. The predicted octanol–water partition coefficient (Wildman–Crippen LogP) is 3.66. The Bertz CT molecular complexity index is 1070. The van der Waals surface area contributed by atoms with Crippen LogP contribution in [0.2, 0.25) is 0 Å². The van der Waals surface area contributed by atoms with Crippen molar-refractivity contribution >= 4 is 23.6 Å². The van der Waals surface area contributed by atoms with Gasteiger partial charge in [0.25, 0.3) is 0 Å². The number of ether oxygens (including phenoxy) is 2. The Hall–Kier alpha value is -3.47. The van der Waals surface area contributed by atoms with Crippen molar-refractivity contribution in [2.24, 2.45) is 16.8 Å². The second kappa shape index (κ2) is 10.6. The van der Waals surface area contributed by atoms with E-state index in [1.807, 2.05) is 13.8 Å². The molecule has 1 amide bonds. The van der Waals surface area contributed by atoms with E-state index in [1.165, 1.54) is 7.11 Å². The molecule has 0 aliphatic carbocycles. The fourth-order valence-corrected chi connectivity index (χ4v) is 4.01. The largest absolute Gasteiger partial charge is 0.468 e. The van der Waals surface area contributed by atoms with Gasteiger partial charge in [0, 0.05) is 22.9 Å². The van der Waals surface area contributed by atoms with Gasteiger partial charge >= 0.3 is 11.9 Å². The fraction of sp³-hybridized carbons (Fsp3) is 0.500. The van der Waals surface area contributed by atoms with Crippen molar-refractivity contribution in [1.29, 1.82) is 5.26 Å². The molecular weight excluding hydrogens is 434 g/mol. The number of aliphatic imine (C=N–C) groups is 1. The average molecular weight is 468 g/mol. The van der Waals surface area contributed by atoms with Crippen LogP contribution in [0.25, 0.3) is 0 Å². The normalized spacial score (nSPS) is 19.1. The summed E-state index contributed by atoms with van der Waals surface area (Å²) in [5, 5.41) is 12.2. The van der Waals surface area contributed by atoms with E-state index in [9.17, 15) is 19.6 Å². The van der Waals surface area contributed by atoms with E-state index in [1.54, 1.807) is 58.9 Å². The Kier molecular flexibility index (Phi) is 8.38. The van der Waals surface area contributed by atoms with Gasteiger partial charge in [0.05, 0.1) is 18.7 Å². The molecule has 1 heterocycles. The van der Waals surface area contributed by atoms with Gasteiger partial charge in [0.2, 0.25) is 5.91 Å². The molecule has 0 saturated carbocycles. The molecule has 0 bridgehead atoms. The van der Waals surface area contributed by atoms with Crippen molar-refractivity contribution in [2.45, 2.75) is 66.0 Å². The van der Waals surface area contributed by atoms with Crippen LogP contribution in [-0.2, 0) is 23.9 Å². The highest BCUT2D eigenvalue weighted by molar-refractivity contribution is 6.08. The van der Waals surface area contributed by atoms with Gasteiger partial charge in [-0.2, -0.15) is 5.26 Å². The fourth-order valence-electron chi connectivity index (χ4n) is 4.01. The van der Waals surface area contributed by atoms with Crippen LogP contribution in [0, 0.1) is 23.2 Å². The van der Waals surface area contributed by atoms with Gasteiger partial charge in [-0.3, -0.25) is 14.6 Å². The molecule has 0 aromatic heterocycles. The number of carbonyl (C=O) groups excluding carboxylic acids is 3. The molecule has 8 nitrogen and oxygen atoms in total. The molecule has 3 atom stereocenters. The highest BCUT2D eigenvalue weighted by atomic mass is 16.6. The molecule has 2 unspecified atom stereocenters. The first-order valence-electron chi connectivity index (χ1n) is 11.2. The summed E-state index contributed by atoms with van der Waals surface area (Å²) < 4.78 is 10.5. The highest BCUT2D eigenvalue weighted by Crippen LogP contribution is 2.40. The molecule has 182 valence electrons. The van der Waals surface area contributed by atoms with E-state index < -0.39 is 41.3 Å². The zero-order valence-electron chi connectivity index (χ0n) is 21.1. The Balaban J connectivity index is 2.58. The van der Waals surface area contributed by atoms with Gasteiger partial charge in [-0.25, -0.2) is 4.79 Å². The third-order valence-corrected chi connectivity index (χ3v) is 5.52. The van der Waals surface area contributed by atoms with Gasteiger partial charge < -0.3 is 14.8 Å². The van der Waals surface area contributed by atoms with Crippen molar-refractivity contribution in [1.82, 2.24) is 5.32 Å². The van der Waals surface area contributed by atoms with E-state index in [2.05, 4.69) is 16.4 Å². The van der Waals surface area contributed by atoms with Crippen molar-refractivity contribution in [3.63, 3.8) is 0 Å². The number of benzene rings is 1. The number of esters is 2. The Labute approximate surface area is 201 Å². The SMILES string of the molecule is COC(=O)C1C(C)=NC(C)=C(C(=O)N[C@H](C(=O)OC(C)(C)C)C(C)C)C1c1cccc(C#N)c1. The lowest BCUT2D eigenvalue weighted by Crippen LogP contribution is -2.49. The van der Waals surface area contributed by atoms with Gasteiger partial charge in [0.1, 0.15) is 17.6 Å². The van der Waals surface area contributed by atoms with E-state index >= 15 is 0 Å². The van der Waals surface area contributed by atoms with Crippen molar-refractivity contribution < 1.29 is 23.9 Å². The molecule has 1 aromatic rings. The quantitative estimate of drug-likeness (QED) is 0.638. The Morgan fingerprint density at radius 1 is 1.18 bits per heavy atom. The Morgan fingerprint density at radius 2 is 1.82 bits per heavy atom. The van der Waals surface area contributed by atoms with Gasteiger partial charge in [-0.1, -0.05) is 26.0 Å². The van der Waals surface area contributed by atoms with Crippen molar-refractivity contribution in [3.8, 4) is 6.07 Å². The lowest BCUT2D eigenvalue weighted by molar-refractivity contribution is -0.159. The van der Waals surface area contributed by atoms with Crippen molar-refractivity contribution in [2.75, 3.05) is 7.11 Å². The second-order valence-corrected chi connectivity index (χ2v) is 9.70. The van der Waals surface area contributed by atoms with E-state index in [-0.39, 0.29) is 11.5 Å². The standard InChI is InChI=1S/C26H33N3O5/c1-14(2)22(25(32)34-26(5,6)7)29-23(30)19-15(3)28-16(4)20(24(31)33-8)21(19)18-11-9-10-17(12-18)13-27/h9-12,14,20-22H,1-8H3,(H,29,30)/t20?,21?,22-/m0/s1. The molecule has 34 heavy (non-hydrogen) atoms. The van der Waals surface area contributed by atoms with Crippen LogP contribution in [0.5, 0.6) is 0 Å². The summed E-state index contributed by atoms with van der Waals surface area (Å²) in [4.78, 5) is 43.7. The number of hydrogen-bond acceptors (Lipinski definition) is 7. The summed E-state index contributed by atoms with van der Waals surface area (Å²) in [7, 11) is 1.28. The molecule has 2 rings (SSSR count). The number of hydrogen-bond donors (Lipinski definition) is 1. The van der Waals surface area contributed by atoms with E-state index in [0.717, 1.165) is 0 Å². The molecule has 0 saturated heterocycles. The summed E-state index contributed by atoms with van der Waals surface area (Å²) in [5.74, 6) is -3.46. The van der Waals surface area contributed by atoms with Crippen molar-refractivity contribution in [3.05, 3.63) is 46.7 Å². The van der Waals surface area contributed by atoms with E-state index in [0.29, 0.717) is 22.5 Å². The predicted molar refractivity (Wildman–Crippen MR) is 128 cm³/mol. The van der Waals surface area contributed by atoms with Crippen LogP contribution in [0.1, 0.15) is 65.5 Å². The maximum Gasteiger partial charge on any atom is 0.329 e. The summed E-state index contributed by atoms with van der Waals surface area (Å²) in [6.45, 7) is 12.3. The molecule has 0 spiro atoms. The molecule has 1 aliphatic rings. The molecule has 1 N–H and O–H groups in total. The van der Waals surface area contributed by atoms with Crippen LogP contribution < -0.4 is 5.32 Å². The topological polar surface area (TPSA) is 118 Å². The zero-order valence-corrected chi connectivity index (χ0v) is 21.1. The first-order chi connectivity index (χ1) is 15.8. The molecule has 0 fully saturated rings. The summed E-state index contributed by atoms with van der Waals surface area (Å²) in [6, 6.07) is 7.94. The molecule has 1 aliphatic heterocycles.